The molecule has 0 radical (unpaired) electrons. The number of phenolic OH excluding ortho intramolecular Hbond substituents is 2. The standard InChI is InChI=1S/C62H80ClN9O13S2/c1-4-5-6-9-47(76)32-42(28-37-13-21-44(63)22-14-37)57(80)70-51-34-86-87-35-52(61(84)68-49(56(65)79)30-40-17-25-46(75)26-18-40)71-62(85)54(36(2)73)72-59(82)48(10-7-8-27-66-3)67-60(83)50(31-39-11-19-41(20-12-39)55(64)78)69-58(81)43(33-53(51)77)29-38-15-23-45(74)24-16-38/h11-26,36,42-43,48-52,54,66,73-75H,4-10,27-35H2,1-3H3,(H2,64,78)(H2,65,79)(H,67,83)(H,68,84)(H,69,81)(H,70,80)(H,71,85)(H,72,82)/t36-,42-,43-,48+,49-,50-,51-,52+,54+/m1/s1. The molecule has 0 unspecified atom stereocenters. The zero-order chi connectivity index (χ0) is 63.6. The maximum atomic E-state index is 15.2. The molecule has 0 spiro atoms. The van der Waals surface area contributed by atoms with Crippen LogP contribution in [0.1, 0.15) is 104 Å². The van der Waals surface area contributed by atoms with Crippen molar-refractivity contribution >= 4 is 92.0 Å². The van der Waals surface area contributed by atoms with Gasteiger partial charge >= 0.3 is 0 Å². The number of aliphatic hydroxyl groups excluding tert-OH is 1. The van der Waals surface area contributed by atoms with Gasteiger partial charge in [0.2, 0.25) is 47.3 Å². The van der Waals surface area contributed by atoms with E-state index in [0.717, 1.165) is 34.4 Å². The minimum absolute atomic E-state index is 0.00549. The van der Waals surface area contributed by atoms with Crippen molar-refractivity contribution in [1.82, 2.24) is 37.2 Å². The number of nitrogens with two attached hydrogens (primary N) is 2. The van der Waals surface area contributed by atoms with E-state index in [1.165, 1.54) is 67.6 Å². The minimum atomic E-state index is -1.76. The second-order valence-corrected chi connectivity index (χ2v) is 24.7. The Morgan fingerprint density at radius 2 is 1.25 bits per heavy atom. The zero-order valence-electron chi connectivity index (χ0n) is 49.0. The molecule has 470 valence electrons. The summed E-state index contributed by atoms with van der Waals surface area (Å²) >= 11 is 6.21. The number of aliphatic hydroxyl groups is 1. The van der Waals surface area contributed by atoms with E-state index in [2.05, 4.69) is 37.2 Å². The molecule has 0 bridgehead atoms. The van der Waals surface area contributed by atoms with Gasteiger partial charge in [0, 0.05) is 66.0 Å². The number of carbonyl (C=O) groups is 10. The zero-order valence-corrected chi connectivity index (χ0v) is 51.4. The van der Waals surface area contributed by atoms with Crippen LogP contribution < -0.4 is 48.7 Å². The van der Waals surface area contributed by atoms with Crippen LogP contribution in [0.4, 0.5) is 0 Å². The normalized spacial score (nSPS) is 20.3. The maximum absolute atomic E-state index is 15.2. The number of amides is 8. The van der Waals surface area contributed by atoms with E-state index < -0.39 is 114 Å². The number of Topliss-reactive ketones (excluding diaryl/α,β-unsaturated/α-hetero) is 2. The molecule has 25 heteroatoms. The average molecular weight is 1260 g/mol. The van der Waals surface area contributed by atoms with Gasteiger partial charge in [-0.1, -0.05) is 101 Å². The Labute approximate surface area is 519 Å². The molecule has 14 N–H and O–H groups in total. The van der Waals surface area contributed by atoms with Crippen LogP contribution in [-0.2, 0) is 68.8 Å². The Morgan fingerprint density at radius 3 is 1.86 bits per heavy atom. The quantitative estimate of drug-likeness (QED) is 0.0317. The highest BCUT2D eigenvalue weighted by atomic mass is 35.5. The van der Waals surface area contributed by atoms with Gasteiger partial charge in [0.15, 0.2) is 5.78 Å². The van der Waals surface area contributed by atoms with Gasteiger partial charge in [-0.2, -0.15) is 0 Å². The lowest BCUT2D eigenvalue weighted by Gasteiger charge is -2.29. The summed E-state index contributed by atoms with van der Waals surface area (Å²) in [7, 11) is 3.71. The van der Waals surface area contributed by atoms with Crippen LogP contribution in [0, 0.1) is 11.8 Å². The van der Waals surface area contributed by atoms with E-state index in [-0.39, 0.29) is 79.3 Å². The summed E-state index contributed by atoms with van der Waals surface area (Å²) in [5.74, 6) is -10.5. The van der Waals surface area contributed by atoms with Crippen molar-refractivity contribution in [2.24, 2.45) is 23.3 Å². The fourth-order valence-corrected chi connectivity index (χ4v) is 12.1. The van der Waals surface area contributed by atoms with Gasteiger partial charge in [-0.05, 0) is 130 Å². The number of nitrogens with one attached hydrogen (secondary N) is 7. The Kier molecular flexibility index (Phi) is 29.0. The summed E-state index contributed by atoms with van der Waals surface area (Å²) in [4.78, 5) is 142. The fraction of sp³-hybridized carbons (Fsp3) is 0.452. The topological polar surface area (TPSA) is 368 Å². The van der Waals surface area contributed by atoms with Crippen molar-refractivity contribution in [2.75, 3.05) is 25.1 Å². The fourth-order valence-electron chi connectivity index (χ4n) is 9.61. The molecule has 1 saturated heterocycles. The Hall–Kier alpha value is -7.51. The minimum Gasteiger partial charge on any atom is -0.508 e. The van der Waals surface area contributed by atoms with E-state index in [1.807, 2.05) is 6.92 Å². The number of unbranched alkanes of at least 4 members (excludes halogenated alkanes) is 3. The summed E-state index contributed by atoms with van der Waals surface area (Å²) < 4.78 is 0. The first-order valence-electron chi connectivity index (χ1n) is 29.0. The highest BCUT2D eigenvalue weighted by Crippen LogP contribution is 2.27. The van der Waals surface area contributed by atoms with Crippen molar-refractivity contribution < 1.29 is 63.3 Å². The van der Waals surface area contributed by atoms with Crippen molar-refractivity contribution in [2.45, 2.75) is 140 Å². The molecule has 1 aliphatic heterocycles. The third-order valence-electron chi connectivity index (χ3n) is 14.6. The number of ketones is 2. The van der Waals surface area contributed by atoms with Gasteiger partial charge < -0.3 is 64.0 Å². The summed E-state index contributed by atoms with van der Waals surface area (Å²) in [5.41, 5.74) is 13.6. The maximum Gasteiger partial charge on any atom is 0.248 e. The van der Waals surface area contributed by atoms with Gasteiger partial charge in [-0.25, -0.2) is 0 Å². The predicted octanol–water partition coefficient (Wildman–Crippen LogP) is 3.41. The molecular weight excluding hydrogens is 1180 g/mol. The number of aromatic hydroxyl groups is 2. The number of carbonyl (C=O) groups excluding carboxylic acids is 10. The predicted molar refractivity (Wildman–Crippen MR) is 333 cm³/mol. The number of hydrogen-bond donors (Lipinski definition) is 12. The van der Waals surface area contributed by atoms with Crippen molar-refractivity contribution in [3.05, 3.63) is 130 Å². The Bertz CT molecular complexity index is 2980. The average Bonchev–Trinajstić information content (AvgIpc) is 3.66. The van der Waals surface area contributed by atoms with Crippen molar-refractivity contribution in [3.63, 3.8) is 0 Å². The monoisotopic (exact) mass is 1260 g/mol. The largest absolute Gasteiger partial charge is 0.508 e. The van der Waals surface area contributed by atoms with Crippen LogP contribution in [0.5, 0.6) is 11.5 Å². The Balaban J connectivity index is 1.62. The molecule has 1 fully saturated rings. The number of rotatable bonds is 26. The molecule has 0 aliphatic carbocycles. The summed E-state index contributed by atoms with van der Waals surface area (Å²) in [6.45, 7) is 3.75. The second kappa shape index (κ2) is 36.0. The van der Waals surface area contributed by atoms with Crippen LogP contribution >= 0.6 is 33.2 Å². The molecule has 4 aromatic carbocycles. The molecule has 1 aliphatic rings. The van der Waals surface area contributed by atoms with Crippen molar-refractivity contribution in [1.29, 1.82) is 0 Å². The molecule has 5 rings (SSSR count). The van der Waals surface area contributed by atoms with E-state index in [4.69, 9.17) is 23.1 Å². The van der Waals surface area contributed by atoms with Gasteiger partial charge in [-0.15, -0.1) is 0 Å². The molecular formula is C62H80ClN9O13S2. The van der Waals surface area contributed by atoms with E-state index in [1.54, 1.807) is 43.4 Å². The van der Waals surface area contributed by atoms with E-state index in [9.17, 15) is 53.7 Å². The first kappa shape index (κ1) is 70.3. The van der Waals surface area contributed by atoms with Gasteiger partial charge in [-0.3, -0.25) is 47.9 Å². The molecule has 4 aromatic rings. The molecule has 8 amide bonds. The molecule has 1 heterocycles. The smallest absolute Gasteiger partial charge is 0.248 e. The lowest BCUT2D eigenvalue weighted by Crippen LogP contribution is -2.62. The van der Waals surface area contributed by atoms with Crippen molar-refractivity contribution in [3.8, 4) is 11.5 Å². The van der Waals surface area contributed by atoms with Gasteiger partial charge in [0.25, 0.3) is 0 Å². The molecule has 9 atom stereocenters. The summed E-state index contributed by atoms with van der Waals surface area (Å²) in [5, 5.41) is 50.8. The molecule has 22 nitrogen and oxygen atoms in total. The first-order valence-corrected chi connectivity index (χ1v) is 31.8. The lowest BCUT2D eigenvalue weighted by molar-refractivity contribution is -0.137. The second-order valence-electron chi connectivity index (χ2n) is 21.7. The number of primary amides is 2. The van der Waals surface area contributed by atoms with Gasteiger partial charge in [0.1, 0.15) is 47.5 Å². The van der Waals surface area contributed by atoms with Crippen LogP contribution in [0.15, 0.2) is 97.1 Å². The number of phenols is 2. The first-order chi connectivity index (χ1) is 41.5. The highest BCUT2D eigenvalue weighted by Gasteiger charge is 2.37. The Morgan fingerprint density at radius 1 is 0.678 bits per heavy atom. The SMILES string of the molecule is CCCCCC(=O)C[C@@H](Cc1ccc(Cl)cc1)C(=O)N[C@@H]1CSSC[C@@H](C(=O)N[C@H](Cc2ccc(O)cc2)C(N)=O)NC(=O)[C@H]([C@@H](C)O)NC(=O)[C@H](CCCCNC)NC(=O)[C@@H](Cc2ccc(C(N)=O)cc2)NC(=O)[C@H](Cc2ccc(O)cc2)CC1=O. The van der Waals surface area contributed by atoms with Crippen LogP contribution in [0.25, 0.3) is 0 Å². The summed E-state index contributed by atoms with van der Waals surface area (Å²) in [6.07, 6.45) is 0.661. The van der Waals surface area contributed by atoms with Gasteiger partial charge in [0.05, 0.1) is 12.1 Å². The third kappa shape index (κ3) is 23.9. The molecule has 0 aromatic heterocycles. The molecule has 87 heavy (non-hydrogen) atoms. The molecule has 0 saturated carbocycles. The van der Waals surface area contributed by atoms with Crippen LogP contribution in [-0.4, -0.2) is 142 Å². The number of halogens is 1. The number of hydrogen-bond acceptors (Lipinski definition) is 16. The third-order valence-corrected chi connectivity index (χ3v) is 17.3. The van der Waals surface area contributed by atoms with E-state index >= 15 is 9.59 Å². The van der Waals surface area contributed by atoms with Crippen LogP contribution in [0.2, 0.25) is 5.02 Å². The lowest BCUT2D eigenvalue weighted by atomic mass is 9.89. The highest BCUT2D eigenvalue weighted by molar-refractivity contribution is 8.76. The van der Waals surface area contributed by atoms with E-state index in [0.29, 0.717) is 53.1 Å². The summed E-state index contributed by atoms with van der Waals surface area (Å²) in [6, 6.07) is 15.5. The van der Waals surface area contributed by atoms with Crippen LogP contribution in [0.3, 0.4) is 0 Å². The number of benzene rings is 4.